The molecule has 2 rings (SSSR count). The number of carbonyl (C=O) groups excluding carboxylic acids is 2. The van der Waals surface area contributed by atoms with Crippen LogP contribution in [0.25, 0.3) is 0 Å². The lowest BCUT2D eigenvalue weighted by Crippen LogP contribution is -2.31. The van der Waals surface area contributed by atoms with Crippen molar-refractivity contribution in [2.24, 2.45) is 0 Å². The molecule has 2 aromatic carbocycles. The van der Waals surface area contributed by atoms with Crippen molar-refractivity contribution in [2.75, 3.05) is 6.61 Å². The fraction of sp³-hybridized carbons (Fsp3) is 0.391. The smallest absolute Gasteiger partial charge is 0.314 e. The van der Waals surface area contributed by atoms with E-state index in [-0.39, 0.29) is 24.3 Å². The van der Waals surface area contributed by atoms with Crippen LogP contribution in [0.1, 0.15) is 57.1 Å². The minimum absolute atomic E-state index is 0.108. The monoisotopic (exact) mass is 368 g/mol. The molecule has 4 heteroatoms. The van der Waals surface area contributed by atoms with Crippen LogP contribution >= 0.6 is 0 Å². The van der Waals surface area contributed by atoms with Crippen molar-refractivity contribution in [1.29, 1.82) is 0 Å². The highest BCUT2D eigenvalue weighted by molar-refractivity contribution is 5.82. The van der Waals surface area contributed by atoms with Crippen LogP contribution in [0.5, 0.6) is 0 Å². The van der Waals surface area contributed by atoms with E-state index in [1.165, 1.54) is 0 Å². The van der Waals surface area contributed by atoms with Crippen molar-refractivity contribution in [2.45, 2.75) is 51.6 Å². The third kappa shape index (κ3) is 6.24. The van der Waals surface area contributed by atoms with Crippen LogP contribution < -0.4 is 0 Å². The second-order valence-corrected chi connectivity index (χ2v) is 7.45. The van der Waals surface area contributed by atoms with Crippen LogP contribution in [-0.4, -0.2) is 24.1 Å². The van der Waals surface area contributed by atoms with Crippen LogP contribution in [0, 0.1) is 0 Å². The Morgan fingerprint density at radius 1 is 0.889 bits per heavy atom. The first kappa shape index (κ1) is 20.7. The van der Waals surface area contributed by atoms with Gasteiger partial charge in [0.2, 0.25) is 0 Å². The van der Waals surface area contributed by atoms with Crippen LogP contribution in [0.2, 0.25) is 0 Å². The summed E-state index contributed by atoms with van der Waals surface area (Å²) in [6.07, 6.45) is 0.108. The maximum atomic E-state index is 13.1. The van der Waals surface area contributed by atoms with E-state index in [0.29, 0.717) is 6.61 Å². The lowest BCUT2D eigenvalue weighted by Gasteiger charge is -2.29. The van der Waals surface area contributed by atoms with Crippen LogP contribution in [0.15, 0.2) is 60.7 Å². The minimum Gasteiger partial charge on any atom is -0.466 e. The Kier molecular flexibility index (Phi) is 7.17. The maximum Gasteiger partial charge on any atom is 0.314 e. The summed E-state index contributed by atoms with van der Waals surface area (Å²) in [5.74, 6) is -1.64. The summed E-state index contributed by atoms with van der Waals surface area (Å²) in [5.41, 5.74) is 1.12. The number of rotatable bonds is 7. The van der Waals surface area contributed by atoms with Gasteiger partial charge in [-0.1, -0.05) is 60.7 Å². The standard InChI is InChI=1S/C23H28O4/c1-5-26-20(24)16-19(17-12-8-6-9-13-17)21(18-14-10-7-11-15-18)22(25)27-23(2,3)4/h6-15,19,21H,5,16H2,1-4H3. The van der Waals surface area contributed by atoms with Crippen molar-refractivity contribution in [1.82, 2.24) is 0 Å². The molecule has 0 amide bonds. The van der Waals surface area contributed by atoms with Gasteiger partial charge >= 0.3 is 11.9 Å². The van der Waals surface area contributed by atoms with E-state index in [1.54, 1.807) is 6.92 Å². The van der Waals surface area contributed by atoms with Gasteiger partial charge in [0.05, 0.1) is 18.9 Å². The molecule has 0 aliphatic carbocycles. The fourth-order valence-electron chi connectivity index (χ4n) is 3.09. The van der Waals surface area contributed by atoms with E-state index in [9.17, 15) is 9.59 Å². The molecule has 2 aromatic rings. The zero-order chi connectivity index (χ0) is 19.9. The molecular formula is C23H28O4. The lowest BCUT2D eigenvalue weighted by molar-refractivity contribution is -0.157. The highest BCUT2D eigenvalue weighted by Crippen LogP contribution is 2.38. The Hall–Kier alpha value is -2.62. The summed E-state index contributed by atoms with van der Waals surface area (Å²) in [5, 5.41) is 0. The van der Waals surface area contributed by atoms with E-state index >= 15 is 0 Å². The average molecular weight is 368 g/mol. The topological polar surface area (TPSA) is 52.6 Å². The average Bonchev–Trinajstić information content (AvgIpc) is 2.61. The van der Waals surface area contributed by atoms with Crippen molar-refractivity contribution in [3.63, 3.8) is 0 Å². The molecule has 0 bridgehead atoms. The first-order valence-electron chi connectivity index (χ1n) is 9.30. The molecule has 0 N–H and O–H groups in total. The molecule has 0 saturated heterocycles. The van der Waals surface area contributed by atoms with Gasteiger partial charge in [0.15, 0.2) is 0 Å². The Morgan fingerprint density at radius 3 is 1.89 bits per heavy atom. The summed E-state index contributed by atoms with van der Waals surface area (Å²) in [6, 6.07) is 19.1. The predicted molar refractivity (Wildman–Crippen MR) is 105 cm³/mol. The largest absolute Gasteiger partial charge is 0.466 e. The Labute approximate surface area is 161 Å². The van der Waals surface area contributed by atoms with Gasteiger partial charge < -0.3 is 9.47 Å². The molecule has 2 atom stereocenters. The van der Waals surface area contributed by atoms with Gasteiger partial charge in [-0.25, -0.2) is 0 Å². The van der Waals surface area contributed by atoms with Gasteiger partial charge in [-0.15, -0.1) is 0 Å². The molecule has 0 heterocycles. The SMILES string of the molecule is CCOC(=O)CC(c1ccccc1)C(C(=O)OC(C)(C)C)c1ccccc1. The van der Waals surface area contributed by atoms with Gasteiger partial charge in [0, 0.05) is 5.92 Å². The Balaban J connectivity index is 2.48. The zero-order valence-corrected chi connectivity index (χ0v) is 16.5. The van der Waals surface area contributed by atoms with Gasteiger partial charge in [-0.3, -0.25) is 9.59 Å². The normalized spacial score (nSPS) is 13.5. The quantitative estimate of drug-likeness (QED) is 0.656. The molecule has 0 spiro atoms. The summed E-state index contributed by atoms with van der Waals surface area (Å²) >= 11 is 0. The van der Waals surface area contributed by atoms with Crippen molar-refractivity contribution in [3.05, 3.63) is 71.8 Å². The van der Waals surface area contributed by atoms with Crippen LogP contribution in [0.3, 0.4) is 0 Å². The third-order valence-electron chi connectivity index (χ3n) is 4.14. The molecule has 0 aromatic heterocycles. The first-order chi connectivity index (χ1) is 12.8. The van der Waals surface area contributed by atoms with Gasteiger partial charge in [-0.05, 0) is 38.8 Å². The van der Waals surface area contributed by atoms with Crippen LogP contribution in [-0.2, 0) is 19.1 Å². The number of ether oxygens (including phenoxy) is 2. The highest BCUT2D eigenvalue weighted by Gasteiger charge is 2.36. The molecule has 27 heavy (non-hydrogen) atoms. The Morgan fingerprint density at radius 2 is 1.41 bits per heavy atom. The van der Waals surface area contributed by atoms with E-state index < -0.39 is 11.5 Å². The molecule has 144 valence electrons. The molecule has 0 fully saturated rings. The maximum absolute atomic E-state index is 13.1. The second-order valence-electron chi connectivity index (χ2n) is 7.45. The predicted octanol–water partition coefficient (Wildman–Crippen LogP) is 4.85. The van der Waals surface area contributed by atoms with E-state index in [0.717, 1.165) is 11.1 Å². The van der Waals surface area contributed by atoms with Crippen molar-refractivity contribution < 1.29 is 19.1 Å². The number of benzene rings is 2. The van der Waals surface area contributed by atoms with Crippen molar-refractivity contribution in [3.8, 4) is 0 Å². The van der Waals surface area contributed by atoms with Crippen molar-refractivity contribution >= 4 is 11.9 Å². The molecule has 0 saturated carbocycles. The number of esters is 2. The van der Waals surface area contributed by atoms with E-state index in [2.05, 4.69) is 0 Å². The number of carbonyl (C=O) groups is 2. The molecular weight excluding hydrogens is 340 g/mol. The molecule has 0 aliphatic rings. The zero-order valence-electron chi connectivity index (χ0n) is 16.5. The fourth-order valence-corrected chi connectivity index (χ4v) is 3.09. The lowest BCUT2D eigenvalue weighted by atomic mass is 9.79. The Bertz CT molecular complexity index is 732. The summed E-state index contributed by atoms with van der Waals surface area (Å²) in [7, 11) is 0. The van der Waals surface area contributed by atoms with E-state index in [4.69, 9.17) is 9.47 Å². The summed E-state index contributed by atoms with van der Waals surface area (Å²) in [6.45, 7) is 7.61. The first-order valence-corrected chi connectivity index (χ1v) is 9.30. The molecule has 0 radical (unpaired) electrons. The summed E-state index contributed by atoms with van der Waals surface area (Å²) in [4.78, 5) is 25.4. The summed E-state index contributed by atoms with van der Waals surface area (Å²) < 4.78 is 10.9. The van der Waals surface area contributed by atoms with Gasteiger partial charge in [0.1, 0.15) is 5.60 Å². The number of hydrogen-bond acceptors (Lipinski definition) is 4. The molecule has 4 nitrogen and oxygen atoms in total. The minimum atomic E-state index is -0.616. The highest BCUT2D eigenvalue weighted by atomic mass is 16.6. The van der Waals surface area contributed by atoms with Crippen LogP contribution in [0.4, 0.5) is 0 Å². The van der Waals surface area contributed by atoms with E-state index in [1.807, 2.05) is 81.4 Å². The van der Waals surface area contributed by atoms with Gasteiger partial charge in [0.25, 0.3) is 0 Å². The number of hydrogen-bond donors (Lipinski definition) is 0. The van der Waals surface area contributed by atoms with Gasteiger partial charge in [-0.2, -0.15) is 0 Å². The third-order valence-corrected chi connectivity index (χ3v) is 4.14. The molecule has 2 unspecified atom stereocenters. The molecule has 0 aliphatic heterocycles. The second kappa shape index (κ2) is 9.36.